The zero-order valence-corrected chi connectivity index (χ0v) is 12.1. The van der Waals surface area contributed by atoms with Gasteiger partial charge >= 0.3 is 6.09 Å². The lowest BCUT2D eigenvalue weighted by Crippen LogP contribution is -2.51. The van der Waals surface area contributed by atoms with Crippen LogP contribution in [0.4, 0.5) is 4.79 Å². The zero-order chi connectivity index (χ0) is 14.0. The molecule has 1 saturated carbocycles. The van der Waals surface area contributed by atoms with Crippen LogP contribution in [0.25, 0.3) is 0 Å². The smallest absolute Gasteiger partial charge is 0.408 e. The summed E-state index contributed by atoms with van der Waals surface area (Å²) < 4.78 is 5.16. The monoisotopic (exact) mass is 255 g/mol. The number of ketones is 1. The molecule has 1 rings (SSSR count). The van der Waals surface area contributed by atoms with Crippen molar-refractivity contribution in [1.29, 1.82) is 0 Å². The van der Waals surface area contributed by atoms with Crippen LogP contribution in [0.3, 0.4) is 0 Å². The molecule has 1 aliphatic rings. The van der Waals surface area contributed by atoms with Crippen LogP contribution in [0.5, 0.6) is 0 Å². The second-order valence-corrected chi connectivity index (χ2v) is 6.66. The highest BCUT2D eigenvalue weighted by Gasteiger charge is 2.32. The molecular formula is C14H25NO3. The van der Waals surface area contributed by atoms with Crippen LogP contribution in [0, 0.1) is 5.92 Å². The van der Waals surface area contributed by atoms with Crippen molar-refractivity contribution < 1.29 is 14.3 Å². The summed E-state index contributed by atoms with van der Waals surface area (Å²) in [6.07, 6.45) is 3.43. The van der Waals surface area contributed by atoms with Crippen molar-refractivity contribution in [2.24, 2.45) is 5.92 Å². The predicted octanol–water partition coefficient (Wildman–Crippen LogP) is 3.05. The molecule has 4 heteroatoms. The number of rotatable bonds is 5. The molecule has 0 aliphatic heterocycles. The van der Waals surface area contributed by atoms with Crippen molar-refractivity contribution in [3.8, 4) is 0 Å². The van der Waals surface area contributed by atoms with Crippen molar-refractivity contribution in [3.05, 3.63) is 0 Å². The lowest BCUT2D eigenvalue weighted by Gasteiger charge is -2.27. The summed E-state index contributed by atoms with van der Waals surface area (Å²) in [5.74, 6) is 0.798. The van der Waals surface area contributed by atoms with Gasteiger partial charge in [-0.05, 0) is 47.0 Å². The number of carbonyl (C=O) groups excluding carboxylic acids is 2. The Bertz CT molecular complexity index is 324. The molecule has 0 saturated heterocycles. The highest BCUT2D eigenvalue weighted by molar-refractivity contribution is 5.90. The molecule has 0 atom stereocenters. The van der Waals surface area contributed by atoms with Gasteiger partial charge in [0, 0.05) is 6.42 Å². The van der Waals surface area contributed by atoms with E-state index >= 15 is 0 Å². The van der Waals surface area contributed by atoms with Gasteiger partial charge in [-0.25, -0.2) is 4.79 Å². The Morgan fingerprint density at radius 3 is 2.17 bits per heavy atom. The van der Waals surface area contributed by atoms with E-state index in [0.717, 1.165) is 12.3 Å². The third-order valence-electron chi connectivity index (χ3n) is 2.99. The van der Waals surface area contributed by atoms with Gasteiger partial charge in [0.05, 0.1) is 5.54 Å². The second-order valence-electron chi connectivity index (χ2n) is 6.66. The molecule has 0 aromatic rings. The molecule has 18 heavy (non-hydrogen) atoms. The standard InChI is InChI=1S/C14H25NO3/c1-13(2,3)18-12(17)15-14(4,5)11(16)9-8-10-6-7-10/h10H,6-9H2,1-5H3,(H,15,17). The second kappa shape index (κ2) is 5.29. The van der Waals surface area contributed by atoms with Gasteiger partial charge in [-0.15, -0.1) is 0 Å². The Morgan fingerprint density at radius 1 is 1.17 bits per heavy atom. The number of nitrogens with one attached hydrogen (secondary N) is 1. The minimum Gasteiger partial charge on any atom is -0.444 e. The third kappa shape index (κ3) is 5.52. The van der Waals surface area contributed by atoms with E-state index in [1.807, 2.05) is 0 Å². The van der Waals surface area contributed by atoms with Crippen molar-refractivity contribution in [2.75, 3.05) is 0 Å². The van der Waals surface area contributed by atoms with Crippen LogP contribution in [0.2, 0.25) is 0 Å². The van der Waals surface area contributed by atoms with E-state index in [1.165, 1.54) is 12.8 Å². The average Bonchev–Trinajstić information content (AvgIpc) is 2.92. The van der Waals surface area contributed by atoms with Gasteiger partial charge in [0.15, 0.2) is 5.78 Å². The molecule has 0 aromatic heterocycles. The first kappa shape index (κ1) is 15.0. The highest BCUT2D eigenvalue weighted by atomic mass is 16.6. The minimum absolute atomic E-state index is 0.0697. The maximum absolute atomic E-state index is 12.0. The quantitative estimate of drug-likeness (QED) is 0.821. The number of Topliss-reactive ketones (excluding diaryl/α,β-unsaturated/α-hetero) is 1. The van der Waals surface area contributed by atoms with E-state index in [-0.39, 0.29) is 5.78 Å². The van der Waals surface area contributed by atoms with Crippen LogP contribution >= 0.6 is 0 Å². The molecule has 0 bridgehead atoms. The molecule has 1 fully saturated rings. The molecule has 1 N–H and O–H groups in total. The molecule has 4 nitrogen and oxygen atoms in total. The van der Waals surface area contributed by atoms with Gasteiger partial charge in [0.2, 0.25) is 0 Å². The number of hydrogen-bond acceptors (Lipinski definition) is 3. The average molecular weight is 255 g/mol. The van der Waals surface area contributed by atoms with Crippen LogP contribution in [0.1, 0.15) is 60.3 Å². The van der Waals surface area contributed by atoms with Crippen LogP contribution < -0.4 is 5.32 Å². The van der Waals surface area contributed by atoms with E-state index < -0.39 is 17.2 Å². The fraction of sp³-hybridized carbons (Fsp3) is 0.857. The van der Waals surface area contributed by atoms with Gasteiger partial charge in [-0.3, -0.25) is 4.79 Å². The molecule has 0 radical (unpaired) electrons. The summed E-state index contributed by atoms with van der Waals surface area (Å²) in [4.78, 5) is 23.7. The number of hydrogen-bond donors (Lipinski definition) is 1. The third-order valence-corrected chi connectivity index (χ3v) is 2.99. The van der Waals surface area contributed by atoms with Crippen molar-refractivity contribution in [2.45, 2.75) is 71.4 Å². The maximum atomic E-state index is 12.0. The molecular weight excluding hydrogens is 230 g/mol. The first-order valence-corrected chi connectivity index (χ1v) is 6.64. The zero-order valence-electron chi connectivity index (χ0n) is 12.1. The SMILES string of the molecule is CC(C)(C)OC(=O)NC(C)(C)C(=O)CCC1CC1. The van der Waals surface area contributed by atoms with Gasteiger partial charge in [0.25, 0.3) is 0 Å². The Hall–Kier alpha value is -1.06. The van der Waals surface area contributed by atoms with Crippen molar-refractivity contribution >= 4 is 11.9 Å². The van der Waals surface area contributed by atoms with Crippen molar-refractivity contribution in [1.82, 2.24) is 5.32 Å². The number of amides is 1. The van der Waals surface area contributed by atoms with Gasteiger partial charge in [-0.2, -0.15) is 0 Å². The molecule has 0 spiro atoms. The molecule has 104 valence electrons. The lowest BCUT2D eigenvalue weighted by molar-refractivity contribution is -0.124. The molecule has 0 aromatic carbocycles. The maximum Gasteiger partial charge on any atom is 0.408 e. The number of ether oxygens (including phenoxy) is 1. The Balaban J connectivity index is 2.40. The summed E-state index contributed by atoms with van der Waals surface area (Å²) in [6.45, 7) is 8.86. The van der Waals surface area contributed by atoms with Crippen molar-refractivity contribution in [3.63, 3.8) is 0 Å². The molecule has 0 unspecified atom stereocenters. The van der Waals surface area contributed by atoms with Gasteiger partial charge in [-0.1, -0.05) is 12.8 Å². The summed E-state index contributed by atoms with van der Waals surface area (Å²) in [5, 5.41) is 2.65. The first-order valence-electron chi connectivity index (χ1n) is 6.64. The Morgan fingerprint density at radius 2 is 1.72 bits per heavy atom. The Kier molecular flexibility index (Phi) is 4.41. The summed E-state index contributed by atoms with van der Waals surface area (Å²) >= 11 is 0. The van der Waals surface area contributed by atoms with Crippen LogP contribution in [0.15, 0.2) is 0 Å². The summed E-state index contributed by atoms with van der Waals surface area (Å²) in [6, 6.07) is 0. The van der Waals surface area contributed by atoms with E-state index in [4.69, 9.17) is 4.74 Å². The summed E-state index contributed by atoms with van der Waals surface area (Å²) in [5.41, 5.74) is -1.39. The topological polar surface area (TPSA) is 55.4 Å². The molecule has 1 amide bonds. The summed E-state index contributed by atoms with van der Waals surface area (Å²) in [7, 11) is 0. The first-order chi connectivity index (χ1) is 8.10. The highest BCUT2D eigenvalue weighted by Crippen LogP contribution is 2.34. The fourth-order valence-electron chi connectivity index (χ4n) is 1.68. The minimum atomic E-state index is -0.850. The predicted molar refractivity (Wildman–Crippen MR) is 70.4 cm³/mol. The van der Waals surface area contributed by atoms with Gasteiger partial charge in [0.1, 0.15) is 5.60 Å². The lowest BCUT2D eigenvalue weighted by atomic mass is 9.95. The van der Waals surface area contributed by atoms with E-state index in [0.29, 0.717) is 6.42 Å². The molecule has 0 heterocycles. The van der Waals surface area contributed by atoms with E-state index in [2.05, 4.69) is 5.32 Å². The van der Waals surface area contributed by atoms with E-state index in [9.17, 15) is 9.59 Å². The Labute approximate surface area is 109 Å². The van der Waals surface area contributed by atoms with E-state index in [1.54, 1.807) is 34.6 Å². The normalized spacial score (nSPS) is 16.3. The van der Waals surface area contributed by atoms with Crippen LogP contribution in [-0.2, 0) is 9.53 Å². The fourth-order valence-corrected chi connectivity index (χ4v) is 1.68. The largest absolute Gasteiger partial charge is 0.444 e. The van der Waals surface area contributed by atoms with Gasteiger partial charge < -0.3 is 10.1 Å². The van der Waals surface area contributed by atoms with Crippen LogP contribution in [-0.4, -0.2) is 23.0 Å². The number of carbonyl (C=O) groups is 2. The number of alkyl carbamates (subject to hydrolysis) is 1. The molecule has 1 aliphatic carbocycles.